The van der Waals surface area contributed by atoms with Crippen LogP contribution in [-0.4, -0.2) is 23.0 Å². The minimum Gasteiger partial charge on any atom is -0.428 e. The van der Waals surface area contributed by atoms with E-state index in [1.165, 1.54) is 12.1 Å². The second kappa shape index (κ2) is 6.69. The van der Waals surface area contributed by atoms with Crippen LogP contribution in [0.2, 0.25) is 0 Å². The Morgan fingerprint density at radius 1 is 1.35 bits per heavy atom. The first kappa shape index (κ1) is 16.4. The molecule has 0 saturated carbocycles. The number of rotatable bonds is 3. The molecule has 1 aromatic carbocycles. The number of hydrogen-bond donors (Lipinski definition) is 1. The molecule has 0 saturated heterocycles. The topological polar surface area (TPSA) is 64.6 Å². The smallest absolute Gasteiger partial charge is 0.428 e. The molecule has 0 spiro atoms. The quantitative estimate of drug-likeness (QED) is 0.516. The molecule has 0 fully saturated rings. The van der Waals surface area contributed by atoms with Gasteiger partial charge in [0.25, 0.3) is 0 Å². The highest BCUT2D eigenvalue weighted by Crippen LogP contribution is 2.21. The van der Waals surface area contributed by atoms with Crippen molar-refractivity contribution in [2.45, 2.75) is 26.4 Å². The molecule has 1 aromatic rings. The molecule has 0 aliphatic heterocycles. The lowest BCUT2D eigenvalue weighted by Gasteiger charge is -2.18. The van der Waals surface area contributed by atoms with Gasteiger partial charge in [-0.1, -0.05) is 15.9 Å². The summed E-state index contributed by atoms with van der Waals surface area (Å²) in [6.45, 7) is 5.06. The summed E-state index contributed by atoms with van der Waals surface area (Å²) in [5.74, 6) is -1.10. The summed E-state index contributed by atoms with van der Waals surface area (Å²) in [4.78, 5) is 22.5. The van der Waals surface area contributed by atoms with E-state index in [1.54, 1.807) is 20.8 Å². The summed E-state index contributed by atoms with van der Waals surface area (Å²) >= 11 is 2.95. The summed E-state index contributed by atoms with van der Waals surface area (Å²) in [5, 5.41) is 2.40. The van der Waals surface area contributed by atoms with Crippen molar-refractivity contribution in [3.8, 4) is 5.75 Å². The number of anilines is 1. The van der Waals surface area contributed by atoms with Gasteiger partial charge in [-0.2, -0.15) is 0 Å². The number of nitrogens with one attached hydrogen (secondary N) is 1. The van der Waals surface area contributed by atoms with E-state index in [0.29, 0.717) is 0 Å². The van der Waals surface area contributed by atoms with E-state index in [2.05, 4.69) is 21.2 Å². The van der Waals surface area contributed by atoms with E-state index < -0.39 is 17.6 Å². The maximum absolute atomic E-state index is 13.7. The van der Waals surface area contributed by atoms with Crippen LogP contribution in [0.5, 0.6) is 5.75 Å². The van der Waals surface area contributed by atoms with Crippen molar-refractivity contribution in [2.24, 2.45) is 0 Å². The molecule has 0 aliphatic carbocycles. The van der Waals surface area contributed by atoms with E-state index >= 15 is 0 Å². The van der Waals surface area contributed by atoms with Gasteiger partial charge < -0.3 is 14.8 Å². The Morgan fingerprint density at radius 2 is 2.00 bits per heavy atom. The van der Waals surface area contributed by atoms with Crippen molar-refractivity contribution in [2.75, 3.05) is 10.6 Å². The van der Waals surface area contributed by atoms with Crippen LogP contribution in [0.3, 0.4) is 0 Å². The zero-order valence-corrected chi connectivity index (χ0v) is 12.9. The van der Waals surface area contributed by atoms with Crippen LogP contribution in [0.25, 0.3) is 0 Å². The molecule has 0 unspecified atom stereocenters. The lowest BCUT2D eigenvalue weighted by atomic mass is 10.2. The minimum absolute atomic E-state index is 0.00555. The third-order valence-corrected chi connectivity index (χ3v) is 2.44. The van der Waals surface area contributed by atoms with Gasteiger partial charge >= 0.3 is 6.16 Å². The first-order chi connectivity index (χ1) is 9.21. The highest BCUT2D eigenvalue weighted by Gasteiger charge is 2.18. The summed E-state index contributed by atoms with van der Waals surface area (Å²) < 4.78 is 23.4. The predicted octanol–water partition coefficient (Wildman–Crippen LogP) is 3.47. The fourth-order valence-corrected chi connectivity index (χ4v) is 1.35. The van der Waals surface area contributed by atoms with E-state index in [1.807, 2.05) is 0 Å². The Hall–Kier alpha value is -1.63. The van der Waals surface area contributed by atoms with Crippen molar-refractivity contribution in [1.29, 1.82) is 0 Å². The SMILES string of the molecule is CC(C)(C)OC(=O)Oc1ccc(NC(=O)CBr)c(F)c1. The molecule has 0 aliphatic rings. The number of ether oxygens (including phenoxy) is 2. The number of carbonyl (C=O) groups excluding carboxylic acids is 2. The standard InChI is InChI=1S/C13H15BrFNO4/c1-13(2,3)20-12(18)19-8-4-5-10(9(15)6-8)16-11(17)7-14/h4-6H,7H2,1-3H3,(H,16,17). The fraction of sp³-hybridized carbons (Fsp3) is 0.385. The van der Waals surface area contributed by atoms with Gasteiger partial charge in [0.1, 0.15) is 17.2 Å². The number of benzene rings is 1. The van der Waals surface area contributed by atoms with Crippen LogP contribution in [0.1, 0.15) is 20.8 Å². The average Bonchev–Trinajstić information content (AvgIpc) is 2.29. The molecule has 5 nitrogen and oxygen atoms in total. The van der Waals surface area contributed by atoms with Crippen LogP contribution >= 0.6 is 15.9 Å². The Balaban J connectivity index is 2.72. The molecule has 1 rings (SSSR count). The predicted molar refractivity (Wildman–Crippen MR) is 75.7 cm³/mol. The van der Waals surface area contributed by atoms with Gasteiger partial charge in [-0.25, -0.2) is 9.18 Å². The van der Waals surface area contributed by atoms with Gasteiger partial charge in [0.05, 0.1) is 11.0 Å². The van der Waals surface area contributed by atoms with Crippen LogP contribution < -0.4 is 10.1 Å². The molecular weight excluding hydrogens is 333 g/mol. The molecular formula is C13H15BrFNO4. The van der Waals surface area contributed by atoms with Crippen LogP contribution in [0, 0.1) is 5.82 Å². The number of halogens is 2. The molecule has 7 heteroatoms. The molecule has 0 atom stereocenters. The van der Waals surface area contributed by atoms with Crippen molar-refractivity contribution in [3.63, 3.8) is 0 Å². The molecule has 1 N–H and O–H groups in total. The van der Waals surface area contributed by atoms with Gasteiger partial charge in [0, 0.05) is 6.07 Å². The Morgan fingerprint density at radius 3 is 2.50 bits per heavy atom. The minimum atomic E-state index is -0.922. The largest absolute Gasteiger partial charge is 0.514 e. The van der Waals surface area contributed by atoms with Crippen molar-refractivity contribution < 1.29 is 23.5 Å². The summed E-state index contributed by atoms with van der Waals surface area (Å²) in [6.07, 6.45) is -0.922. The van der Waals surface area contributed by atoms with Crippen LogP contribution in [-0.2, 0) is 9.53 Å². The fourth-order valence-electron chi connectivity index (χ4n) is 1.21. The summed E-state index contributed by atoms with van der Waals surface area (Å²) in [5.41, 5.74) is -0.689. The highest BCUT2D eigenvalue weighted by molar-refractivity contribution is 9.09. The normalized spacial score (nSPS) is 10.8. The first-order valence-corrected chi connectivity index (χ1v) is 6.89. The average molecular weight is 348 g/mol. The molecule has 1 amide bonds. The molecule has 0 bridgehead atoms. The highest BCUT2D eigenvalue weighted by atomic mass is 79.9. The molecule has 20 heavy (non-hydrogen) atoms. The zero-order valence-electron chi connectivity index (χ0n) is 11.3. The van der Waals surface area contributed by atoms with Crippen LogP contribution in [0.4, 0.5) is 14.9 Å². The van der Waals surface area contributed by atoms with Gasteiger partial charge in [-0.15, -0.1) is 0 Å². The number of alkyl halides is 1. The van der Waals surface area contributed by atoms with Gasteiger partial charge in [0.15, 0.2) is 0 Å². The first-order valence-electron chi connectivity index (χ1n) is 5.77. The van der Waals surface area contributed by atoms with Gasteiger partial charge in [-0.3, -0.25) is 4.79 Å². The lowest BCUT2D eigenvalue weighted by molar-refractivity contribution is -0.113. The Kier molecular flexibility index (Phi) is 5.50. The number of carbonyl (C=O) groups is 2. The van der Waals surface area contributed by atoms with E-state index in [9.17, 15) is 14.0 Å². The molecule has 110 valence electrons. The Bertz CT molecular complexity index is 514. The second-order valence-electron chi connectivity index (χ2n) is 4.89. The number of hydrogen-bond acceptors (Lipinski definition) is 4. The summed E-state index contributed by atoms with van der Waals surface area (Å²) in [6, 6.07) is 3.65. The van der Waals surface area contributed by atoms with Gasteiger partial charge in [-0.05, 0) is 32.9 Å². The van der Waals surface area contributed by atoms with Crippen molar-refractivity contribution in [3.05, 3.63) is 24.0 Å². The van der Waals surface area contributed by atoms with Gasteiger partial charge in [0.2, 0.25) is 5.91 Å². The third-order valence-electron chi connectivity index (χ3n) is 1.93. The summed E-state index contributed by atoms with van der Waals surface area (Å²) in [7, 11) is 0. The maximum atomic E-state index is 13.7. The van der Waals surface area contributed by atoms with E-state index in [-0.39, 0.29) is 22.7 Å². The monoisotopic (exact) mass is 347 g/mol. The maximum Gasteiger partial charge on any atom is 0.514 e. The van der Waals surface area contributed by atoms with E-state index in [0.717, 1.165) is 6.07 Å². The van der Waals surface area contributed by atoms with Crippen molar-refractivity contribution >= 4 is 33.7 Å². The van der Waals surface area contributed by atoms with Crippen LogP contribution in [0.15, 0.2) is 18.2 Å². The third kappa shape index (κ3) is 5.56. The molecule has 0 heterocycles. The second-order valence-corrected chi connectivity index (χ2v) is 5.45. The number of amides is 1. The Labute approximate surface area is 124 Å². The zero-order chi connectivity index (χ0) is 15.3. The van der Waals surface area contributed by atoms with E-state index in [4.69, 9.17) is 9.47 Å². The molecule has 0 aromatic heterocycles. The van der Waals surface area contributed by atoms with Crippen molar-refractivity contribution in [1.82, 2.24) is 0 Å². The lowest BCUT2D eigenvalue weighted by Crippen LogP contribution is -2.26. The molecule has 0 radical (unpaired) electrons.